The minimum atomic E-state index is -0.653. The molecular formula is C23H34O3. The molecule has 0 aliphatic heterocycles. The number of fused-ring (bicyclic) bond motifs is 5. The number of allylic oxidation sites excluding steroid dienone is 1. The van der Waals surface area contributed by atoms with Gasteiger partial charge in [0, 0.05) is 12.8 Å². The Morgan fingerprint density at radius 3 is 2.69 bits per heavy atom. The number of carboxylic acid groups (broad SMARTS) is 1. The second-order valence-electron chi connectivity index (χ2n) is 10.1. The summed E-state index contributed by atoms with van der Waals surface area (Å²) in [4.78, 5) is 22.8. The van der Waals surface area contributed by atoms with Crippen LogP contribution in [0.4, 0.5) is 0 Å². The molecule has 6 atom stereocenters. The van der Waals surface area contributed by atoms with Crippen molar-refractivity contribution in [3.63, 3.8) is 0 Å². The van der Waals surface area contributed by atoms with Gasteiger partial charge in [-0.25, -0.2) is 0 Å². The van der Waals surface area contributed by atoms with E-state index in [1.54, 1.807) is 0 Å². The van der Waals surface area contributed by atoms with Crippen molar-refractivity contribution >= 4 is 11.8 Å². The van der Waals surface area contributed by atoms with E-state index in [9.17, 15) is 9.59 Å². The first-order valence-corrected chi connectivity index (χ1v) is 10.8. The molecule has 4 rings (SSSR count). The molecule has 0 amide bonds. The van der Waals surface area contributed by atoms with Crippen LogP contribution in [-0.4, -0.2) is 16.9 Å². The molecule has 4 aliphatic carbocycles. The van der Waals surface area contributed by atoms with Crippen LogP contribution in [0.1, 0.15) is 84.5 Å². The maximum atomic E-state index is 11.9. The summed E-state index contributed by atoms with van der Waals surface area (Å²) in [6.45, 7) is 4.97. The van der Waals surface area contributed by atoms with Crippen LogP contribution in [0, 0.1) is 34.5 Å². The summed E-state index contributed by atoms with van der Waals surface area (Å²) in [5.74, 6) is 2.79. The van der Waals surface area contributed by atoms with Crippen LogP contribution >= 0.6 is 0 Å². The van der Waals surface area contributed by atoms with Gasteiger partial charge >= 0.3 is 5.97 Å². The van der Waals surface area contributed by atoms with Gasteiger partial charge in [0.25, 0.3) is 0 Å². The molecule has 3 nitrogen and oxygen atoms in total. The molecule has 3 fully saturated rings. The lowest BCUT2D eigenvalue weighted by Gasteiger charge is -2.58. The average Bonchev–Trinajstić information content (AvgIpc) is 2.92. The van der Waals surface area contributed by atoms with Crippen LogP contribution in [-0.2, 0) is 9.59 Å². The lowest BCUT2D eigenvalue weighted by molar-refractivity contribution is -0.137. The van der Waals surface area contributed by atoms with Crippen LogP contribution < -0.4 is 0 Å². The van der Waals surface area contributed by atoms with Gasteiger partial charge in [0.2, 0.25) is 0 Å². The smallest absolute Gasteiger partial charge is 0.303 e. The Hall–Kier alpha value is -1.12. The van der Waals surface area contributed by atoms with Gasteiger partial charge in [-0.3, -0.25) is 9.59 Å². The van der Waals surface area contributed by atoms with E-state index in [1.807, 2.05) is 6.08 Å². The molecule has 1 N–H and O–H groups in total. The van der Waals surface area contributed by atoms with E-state index in [-0.39, 0.29) is 5.41 Å². The molecule has 4 aliphatic rings. The van der Waals surface area contributed by atoms with Gasteiger partial charge in [-0.1, -0.05) is 19.4 Å². The Morgan fingerprint density at radius 1 is 1.12 bits per heavy atom. The molecular weight excluding hydrogens is 324 g/mol. The highest BCUT2D eigenvalue weighted by Crippen LogP contribution is 2.67. The summed E-state index contributed by atoms with van der Waals surface area (Å²) in [6.07, 6.45) is 13.7. The summed E-state index contributed by atoms with van der Waals surface area (Å²) in [7, 11) is 0. The van der Waals surface area contributed by atoms with Crippen LogP contribution in [0.3, 0.4) is 0 Å². The van der Waals surface area contributed by atoms with Gasteiger partial charge in [0.1, 0.15) is 0 Å². The number of hydrogen-bond donors (Lipinski definition) is 1. The molecule has 3 saturated carbocycles. The van der Waals surface area contributed by atoms with Gasteiger partial charge in [-0.05, 0) is 98.4 Å². The van der Waals surface area contributed by atoms with E-state index >= 15 is 0 Å². The molecule has 0 radical (unpaired) electrons. The van der Waals surface area contributed by atoms with Crippen LogP contribution in [0.2, 0.25) is 0 Å². The SMILES string of the molecule is CC12CCC(=O)C=C1CCC1C2CCC2(C)C(CCCC(=O)O)CCC12. The van der Waals surface area contributed by atoms with E-state index < -0.39 is 5.97 Å². The monoisotopic (exact) mass is 358 g/mol. The number of carbonyl (C=O) groups is 2. The second-order valence-corrected chi connectivity index (χ2v) is 10.1. The van der Waals surface area contributed by atoms with Gasteiger partial charge in [-0.2, -0.15) is 0 Å². The molecule has 0 aromatic rings. The van der Waals surface area contributed by atoms with Crippen molar-refractivity contribution in [2.24, 2.45) is 34.5 Å². The summed E-state index contributed by atoms with van der Waals surface area (Å²) < 4.78 is 0. The predicted octanol–water partition coefficient (Wildman–Crippen LogP) is 5.39. The van der Waals surface area contributed by atoms with Gasteiger partial charge in [0.05, 0.1) is 0 Å². The number of hydrogen-bond acceptors (Lipinski definition) is 2. The Kier molecular flexibility index (Phi) is 4.56. The third-order valence-corrected chi connectivity index (χ3v) is 9.10. The summed E-state index contributed by atoms with van der Waals surface area (Å²) in [5.41, 5.74) is 2.14. The van der Waals surface area contributed by atoms with E-state index in [0.29, 0.717) is 23.5 Å². The standard InChI is InChI=1S/C23H34O3/c1-22-13-11-20-18(8-6-16-14-17(24)10-12-23(16,20)2)19(22)9-7-15(22)4-3-5-21(25)26/h14-15,18-20H,3-13H2,1-2H3,(H,25,26). The van der Waals surface area contributed by atoms with Crippen molar-refractivity contribution in [2.75, 3.05) is 0 Å². The molecule has 0 spiro atoms. The van der Waals surface area contributed by atoms with Crippen LogP contribution in [0.5, 0.6) is 0 Å². The summed E-state index contributed by atoms with van der Waals surface area (Å²) in [6, 6.07) is 0. The number of ketones is 1. The molecule has 0 aromatic carbocycles. The topological polar surface area (TPSA) is 54.4 Å². The highest BCUT2D eigenvalue weighted by Gasteiger charge is 2.58. The average molecular weight is 359 g/mol. The van der Waals surface area contributed by atoms with E-state index in [2.05, 4.69) is 13.8 Å². The van der Waals surface area contributed by atoms with Crippen molar-refractivity contribution in [1.29, 1.82) is 0 Å². The lowest BCUT2D eigenvalue weighted by atomic mass is 9.46. The molecule has 0 bridgehead atoms. The van der Waals surface area contributed by atoms with Gasteiger partial charge < -0.3 is 5.11 Å². The maximum absolute atomic E-state index is 11.9. The predicted molar refractivity (Wildman–Crippen MR) is 102 cm³/mol. The van der Waals surface area contributed by atoms with Gasteiger partial charge in [0.15, 0.2) is 5.78 Å². The molecule has 26 heavy (non-hydrogen) atoms. The highest BCUT2D eigenvalue weighted by molar-refractivity contribution is 5.91. The summed E-state index contributed by atoms with van der Waals surface area (Å²) >= 11 is 0. The Morgan fingerprint density at radius 2 is 1.92 bits per heavy atom. The zero-order valence-corrected chi connectivity index (χ0v) is 16.4. The minimum Gasteiger partial charge on any atom is -0.481 e. The number of rotatable bonds is 4. The third-order valence-electron chi connectivity index (χ3n) is 9.10. The van der Waals surface area contributed by atoms with Crippen molar-refractivity contribution in [2.45, 2.75) is 84.5 Å². The fourth-order valence-corrected chi connectivity index (χ4v) is 7.64. The first-order valence-electron chi connectivity index (χ1n) is 10.8. The first kappa shape index (κ1) is 18.3. The van der Waals surface area contributed by atoms with E-state index in [1.165, 1.54) is 37.7 Å². The van der Waals surface area contributed by atoms with Crippen molar-refractivity contribution in [1.82, 2.24) is 0 Å². The molecule has 3 heteroatoms. The third kappa shape index (κ3) is 2.77. The van der Waals surface area contributed by atoms with Crippen molar-refractivity contribution < 1.29 is 14.7 Å². The van der Waals surface area contributed by atoms with Crippen molar-refractivity contribution in [3.8, 4) is 0 Å². The lowest BCUT2D eigenvalue weighted by Crippen LogP contribution is -2.50. The zero-order chi connectivity index (χ0) is 18.5. The molecule has 0 heterocycles. The largest absolute Gasteiger partial charge is 0.481 e. The van der Waals surface area contributed by atoms with E-state index in [0.717, 1.165) is 49.9 Å². The molecule has 0 aromatic heterocycles. The Balaban J connectivity index is 1.52. The minimum absolute atomic E-state index is 0.263. The van der Waals surface area contributed by atoms with Crippen LogP contribution in [0.25, 0.3) is 0 Å². The second kappa shape index (κ2) is 6.49. The summed E-state index contributed by atoms with van der Waals surface area (Å²) in [5, 5.41) is 8.97. The molecule has 0 saturated heterocycles. The fraction of sp³-hybridized carbons (Fsp3) is 0.826. The number of carbonyl (C=O) groups excluding carboxylic acids is 1. The Bertz CT molecular complexity index is 635. The fourth-order valence-electron chi connectivity index (χ4n) is 7.64. The maximum Gasteiger partial charge on any atom is 0.303 e. The number of carboxylic acids is 1. The molecule has 6 unspecified atom stereocenters. The first-order chi connectivity index (χ1) is 12.3. The van der Waals surface area contributed by atoms with Crippen LogP contribution in [0.15, 0.2) is 11.6 Å². The normalized spacial score (nSPS) is 44.7. The Labute approximate surface area is 157 Å². The molecule has 144 valence electrons. The highest BCUT2D eigenvalue weighted by atomic mass is 16.4. The quantitative estimate of drug-likeness (QED) is 0.733. The number of aliphatic carboxylic acids is 1. The van der Waals surface area contributed by atoms with Crippen molar-refractivity contribution in [3.05, 3.63) is 11.6 Å². The zero-order valence-electron chi connectivity index (χ0n) is 16.4. The van der Waals surface area contributed by atoms with Gasteiger partial charge in [-0.15, -0.1) is 0 Å². The van der Waals surface area contributed by atoms with E-state index in [4.69, 9.17) is 5.11 Å².